The van der Waals surface area contributed by atoms with Gasteiger partial charge in [-0.2, -0.15) is 0 Å². The summed E-state index contributed by atoms with van der Waals surface area (Å²) >= 11 is 1.66. The Morgan fingerprint density at radius 3 is 2.75 bits per heavy atom. The number of halogens is 1. The molecule has 2 fully saturated rings. The number of ether oxygens (including phenoxy) is 1. The topological polar surface area (TPSA) is 65.0 Å². The zero-order chi connectivity index (χ0) is 19.1. The molecule has 2 aliphatic rings. The van der Waals surface area contributed by atoms with Crippen LogP contribution >= 0.6 is 35.3 Å². The van der Waals surface area contributed by atoms with Crippen LogP contribution in [-0.4, -0.2) is 75.4 Å². The zero-order valence-electron chi connectivity index (χ0n) is 17.3. The smallest absolute Gasteiger partial charge is 0.191 e. The summed E-state index contributed by atoms with van der Waals surface area (Å²) in [7, 11) is 4.03. The van der Waals surface area contributed by atoms with E-state index < -0.39 is 0 Å². The Balaban J connectivity index is 0.00000280. The molecule has 9 heteroatoms. The maximum Gasteiger partial charge on any atom is 0.191 e. The summed E-state index contributed by atoms with van der Waals surface area (Å²) in [6.07, 6.45) is 3.56. The first-order chi connectivity index (χ1) is 13.1. The van der Waals surface area contributed by atoms with Crippen molar-refractivity contribution in [2.24, 2.45) is 10.9 Å². The molecule has 0 spiro atoms. The van der Waals surface area contributed by atoms with E-state index in [1.165, 1.54) is 25.8 Å². The minimum Gasteiger partial charge on any atom is -0.381 e. The molecule has 0 bridgehead atoms. The van der Waals surface area contributed by atoms with Crippen molar-refractivity contribution in [1.82, 2.24) is 20.5 Å². The molecule has 2 N–H and O–H groups in total. The number of aromatic nitrogens is 1. The van der Waals surface area contributed by atoms with Crippen LogP contribution in [0.15, 0.2) is 10.4 Å². The summed E-state index contributed by atoms with van der Waals surface area (Å²) in [5.74, 6) is 1.64. The highest BCUT2D eigenvalue weighted by molar-refractivity contribution is 14.0. The zero-order valence-corrected chi connectivity index (χ0v) is 20.5. The van der Waals surface area contributed by atoms with Gasteiger partial charge in [0.25, 0.3) is 0 Å². The van der Waals surface area contributed by atoms with Crippen LogP contribution in [-0.2, 0) is 11.3 Å². The highest BCUT2D eigenvalue weighted by Crippen LogP contribution is 2.19. The second kappa shape index (κ2) is 12.1. The lowest BCUT2D eigenvalue weighted by atomic mass is 10.0. The number of nitrogens with one attached hydrogen (secondary N) is 2. The molecule has 0 aliphatic carbocycles. The van der Waals surface area contributed by atoms with E-state index in [-0.39, 0.29) is 24.0 Å². The molecule has 28 heavy (non-hydrogen) atoms. The number of thiazole rings is 1. The van der Waals surface area contributed by atoms with Crippen LogP contribution in [0, 0.1) is 5.92 Å². The number of guanidine groups is 1. The molecule has 0 amide bonds. The van der Waals surface area contributed by atoms with Crippen molar-refractivity contribution in [2.45, 2.75) is 38.8 Å². The molecule has 1 aromatic rings. The lowest BCUT2D eigenvalue weighted by Crippen LogP contribution is -2.49. The Morgan fingerprint density at radius 2 is 2.14 bits per heavy atom. The fourth-order valence-electron chi connectivity index (χ4n) is 3.60. The van der Waals surface area contributed by atoms with E-state index in [0.29, 0.717) is 12.6 Å². The van der Waals surface area contributed by atoms with E-state index >= 15 is 0 Å². The summed E-state index contributed by atoms with van der Waals surface area (Å²) in [5, 5.41) is 10.1. The minimum absolute atomic E-state index is 0. The lowest BCUT2D eigenvalue weighted by molar-refractivity contribution is 0.150. The summed E-state index contributed by atoms with van der Waals surface area (Å²) < 4.78 is 5.51. The molecule has 2 saturated heterocycles. The number of hydrogen-bond donors (Lipinski definition) is 2. The van der Waals surface area contributed by atoms with Gasteiger partial charge >= 0.3 is 0 Å². The Kier molecular flexibility index (Phi) is 10.2. The van der Waals surface area contributed by atoms with Gasteiger partial charge in [-0.25, -0.2) is 9.98 Å². The molecule has 0 saturated carbocycles. The van der Waals surface area contributed by atoms with Gasteiger partial charge < -0.3 is 25.2 Å². The molecule has 1 aromatic heterocycles. The number of hydrogen-bond acceptors (Lipinski definition) is 6. The number of likely N-dealkylation sites (tertiary alicyclic amines) is 1. The third-order valence-electron chi connectivity index (χ3n) is 5.13. The summed E-state index contributed by atoms with van der Waals surface area (Å²) in [5.41, 5.74) is 1.02. The maximum absolute atomic E-state index is 5.51. The van der Waals surface area contributed by atoms with Gasteiger partial charge in [0, 0.05) is 58.3 Å². The van der Waals surface area contributed by atoms with Gasteiger partial charge in [-0.15, -0.1) is 35.3 Å². The summed E-state index contributed by atoms with van der Waals surface area (Å²) in [6.45, 7) is 8.99. The predicted octanol–water partition coefficient (Wildman–Crippen LogP) is 2.38. The number of rotatable bonds is 7. The number of anilines is 1. The Hall–Kier alpha value is -0.650. The van der Waals surface area contributed by atoms with Crippen LogP contribution in [0.5, 0.6) is 0 Å². The minimum atomic E-state index is 0. The van der Waals surface area contributed by atoms with Crippen molar-refractivity contribution in [2.75, 3.05) is 58.4 Å². The van der Waals surface area contributed by atoms with Crippen molar-refractivity contribution in [3.63, 3.8) is 0 Å². The lowest BCUT2D eigenvalue weighted by Gasteiger charge is -2.34. The third kappa shape index (κ3) is 7.31. The van der Waals surface area contributed by atoms with Crippen LogP contribution in [0.25, 0.3) is 0 Å². The molecular formula is C19H35IN6OS. The molecule has 1 atom stereocenters. The quantitative estimate of drug-likeness (QED) is 0.326. The van der Waals surface area contributed by atoms with Crippen LogP contribution < -0.4 is 15.5 Å². The van der Waals surface area contributed by atoms with Gasteiger partial charge in [0.2, 0.25) is 0 Å². The number of piperidine rings is 1. The monoisotopic (exact) mass is 522 g/mol. The standard InChI is InChI=1S/C19H34N6OS.HI/c1-4-20-18(21-11-17-14-27-19(23-17)24(2)3)22-16-5-8-25(9-6-16)12-15-7-10-26-13-15;/h14-16H,4-13H2,1-3H3,(H2,20,21,22);1H. The number of aliphatic imine (C=N–C) groups is 1. The molecular weight excluding hydrogens is 487 g/mol. The fraction of sp³-hybridized carbons (Fsp3) is 0.789. The first kappa shape index (κ1) is 23.6. The maximum atomic E-state index is 5.51. The van der Waals surface area contributed by atoms with Crippen molar-refractivity contribution in [3.05, 3.63) is 11.1 Å². The summed E-state index contributed by atoms with van der Waals surface area (Å²) in [6, 6.07) is 0.492. The second-order valence-electron chi connectivity index (χ2n) is 7.66. The average molecular weight is 523 g/mol. The largest absolute Gasteiger partial charge is 0.381 e. The highest BCUT2D eigenvalue weighted by Gasteiger charge is 2.24. The fourth-order valence-corrected chi connectivity index (χ4v) is 4.35. The van der Waals surface area contributed by atoms with Gasteiger partial charge in [0.05, 0.1) is 18.8 Å². The molecule has 2 aliphatic heterocycles. The van der Waals surface area contributed by atoms with E-state index in [9.17, 15) is 0 Å². The molecule has 3 rings (SSSR count). The van der Waals surface area contributed by atoms with Gasteiger partial charge in [-0.1, -0.05) is 0 Å². The molecule has 0 aromatic carbocycles. The Bertz CT molecular complexity index is 597. The molecule has 0 radical (unpaired) electrons. The summed E-state index contributed by atoms with van der Waals surface area (Å²) in [4.78, 5) is 14.0. The highest BCUT2D eigenvalue weighted by atomic mass is 127. The first-order valence-electron chi connectivity index (χ1n) is 10.1. The van der Waals surface area contributed by atoms with E-state index in [1.807, 2.05) is 19.0 Å². The third-order valence-corrected chi connectivity index (χ3v) is 6.19. The van der Waals surface area contributed by atoms with Gasteiger partial charge in [0.1, 0.15) is 0 Å². The van der Waals surface area contributed by atoms with Gasteiger partial charge in [-0.05, 0) is 32.1 Å². The van der Waals surface area contributed by atoms with Crippen molar-refractivity contribution in [1.29, 1.82) is 0 Å². The predicted molar refractivity (Wildman–Crippen MR) is 128 cm³/mol. The van der Waals surface area contributed by atoms with E-state index in [4.69, 9.17) is 9.73 Å². The average Bonchev–Trinajstić information content (AvgIpc) is 3.33. The molecule has 160 valence electrons. The van der Waals surface area contributed by atoms with Crippen LogP contribution in [0.3, 0.4) is 0 Å². The first-order valence-corrected chi connectivity index (χ1v) is 11.0. The van der Waals surface area contributed by atoms with E-state index in [2.05, 4.69) is 32.8 Å². The van der Waals surface area contributed by atoms with E-state index in [0.717, 1.165) is 55.6 Å². The van der Waals surface area contributed by atoms with Crippen molar-refractivity contribution < 1.29 is 4.74 Å². The van der Waals surface area contributed by atoms with Crippen LogP contribution in [0.2, 0.25) is 0 Å². The van der Waals surface area contributed by atoms with Crippen LogP contribution in [0.4, 0.5) is 5.13 Å². The second-order valence-corrected chi connectivity index (χ2v) is 8.50. The van der Waals surface area contributed by atoms with Crippen molar-refractivity contribution in [3.8, 4) is 0 Å². The van der Waals surface area contributed by atoms with Crippen LogP contribution in [0.1, 0.15) is 31.9 Å². The Labute approximate surface area is 190 Å². The Morgan fingerprint density at radius 1 is 1.36 bits per heavy atom. The number of nitrogens with zero attached hydrogens (tertiary/aromatic N) is 4. The van der Waals surface area contributed by atoms with Gasteiger partial charge in [-0.3, -0.25) is 0 Å². The molecule has 3 heterocycles. The van der Waals surface area contributed by atoms with Gasteiger partial charge in [0.15, 0.2) is 11.1 Å². The van der Waals surface area contributed by atoms with E-state index in [1.54, 1.807) is 11.3 Å². The molecule has 7 nitrogen and oxygen atoms in total. The molecule has 1 unspecified atom stereocenters. The van der Waals surface area contributed by atoms with Crippen molar-refractivity contribution >= 4 is 46.4 Å². The normalized spacial score (nSPS) is 21.4. The SMILES string of the molecule is CCNC(=NCc1csc(N(C)C)n1)NC1CCN(CC2CCOC2)CC1.I.